The van der Waals surface area contributed by atoms with E-state index in [0.29, 0.717) is 12.3 Å². The molecular weight excluding hydrogens is 320 g/mol. The summed E-state index contributed by atoms with van der Waals surface area (Å²) in [5.41, 5.74) is 0.818. The fourth-order valence-corrected chi connectivity index (χ4v) is 3.16. The van der Waals surface area contributed by atoms with Crippen LogP contribution < -0.4 is 10.6 Å². The van der Waals surface area contributed by atoms with Crippen molar-refractivity contribution in [2.45, 2.75) is 44.6 Å². The van der Waals surface area contributed by atoms with Crippen LogP contribution in [0.3, 0.4) is 0 Å². The van der Waals surface area contributed by atoms with Gasteiger partial charge >= 0.3 is 5.97 Å². The van der Waals surface area contributed by atoms with Gasteiger partial charge in [-0.25, -0.2) is 0 Å². The molecule has 1 saturated carbocycles. The van der Waals surface area contributed by atoms with E-state index in [2.05, 4.69) is 10.6 Å². The van der Waals surface area contributed by atoms with Gasteiger partial charge in [-0.2, -0.15) is 0 Å². The first-order chi connectivity index (χ1) is 12.1. The van der Waals surface area contributed by atoms with E-state index in [1.807, 2.05) is 30.3 Å². The van der Waals surface area contributed by atoms with Crippen LogP contribution in [0.1, 0.15) is 50.1 Å². The van der Waals surface area contributed by atoms with Gasteiger partial charge in [-0.1, -0.05) is 43.2 Å². The SMILES string of the molecule is COC(=O)CC(NC(=O)CNC(=O)CC1CCCC1)c1ccccc1. The Morgan fingerprint density at radius 1 is 1.12 bits per heavy atom. The van der Waals surface area contributed by atoms with Gasteiger partial charge in [-0.15, -0.1) is 0 Å². The highest BCUT2D eigenvalue weighted by Crippen LogP contribution is 2.27. The molecule has 1 unspecified atom stereocenters. The van der Waals surface area contributed by atoms with E-state index in [-0.39, 0.29) is 24.8 Å². The van der Waals surface area contributed by atoms with Crippen LogP contribution in [0.25, 0.3) is 0 Å². The summed E-state index contributed by atoms with van der Waals surface area (Å²) in [6.45, 7) is -0.0872. The number of hydrogen-bond acceptors (Lipinski definition) is 4. The Morgan fingerprint density at radius 2 is 1.80 bits per heavy atom. The van der Waals surface area contributed by atoms with Gasteiger partial charge in [0.05, 0.1) is 26.1 Å². The van der Waals surface area contributed by atoms with E-state index in [4.69, 9.17) is 4.74 Å². The summed E-state index contributed by atoms with van der Waals surface area (Å²) in [5, 5.41) is 5.46. The van der Waals surface area contributed by atoms with Gasteiger partial charge in [-0.3, -0.25) is 14.4 Å². The Balaban J connectivity index is 1.83. The molecule has 6 heteroatoms. The fraction of sp³-hybridized carbons (Fsp3) is 0.526. The lowest BCUT2D eigenvalue weighted by atomic mass is 10.0. The third-order valence-corrected chi connectivity index (χ3v) is 4.53. The van der Waals surface area contributed by atoms with Crippen molar-refractivity contribution in [3.8, 4) is 0 Å². The Hall–Kier alpha value is -2.37. The molecule has 2 amide bonds. The van der Waals surface area contributed by atoms with Crippen molar-refractivity contribution >= 4 is 17.8 Å². The molecule has 0 spiro atoms. The van der Waals surface area contributed by atoms with E-state index < -0.39 is 12.0 Å². The maximum atomic E-state index is 12.2. The molecule has 0 radical (unpaired) electrons. The highest BCUT2D eigenvalue weighted by molar-refractivity contribution is 5.85. The predicted molar refractivity (Wildman–Crippen MR) is 93.5 cm³/mol. The van der Waals surface area contributed by atoms with Crippen LogP contribution in [0.5, 0.6) is 0 Å². The second-order valence-electron chi connectivity index (χ2n) is 6.44. The van der Waals surface area contributed by atoms with Gasteiger partial charge in [-0.05, 0) is 24.3 Å². The van der Waals surface area contributed by atoms with Crippen molar-refractivity contribution in [1.29, 1.82) is 0 Å². The van der Waals surface area contributed by atoms with Gasteiger partial charge in [0.1, 0.15) is 0 Å². The van der Waals surface area contributed by atoms with Crippen LogP contribution in [-0.2, 0) is 19.1 Å². The van der Waals surface area contributed by atoms with Gasteiger partial charge in [0.25, 0.3) is 0 Å². The number of carbonyl (C=O) groups excluding carboxylic acids is 3. The van der Waals surface area contributed by atoms with Crippen LogP contribution in [0.15, 0.2) is 30.3 Å². The molecule has 1 aliphatic rings. The maximum Gasteiger partial charge on any atom is 0.307 e. The largest absolute Gasteiger partial charge is 0.469 e. The number of ether oxygens (including phenoxy) is 1. The van der Waals surface area contributed by atoms with Gasteiger partial charge in [0.15, 0.2) is 0 Å². The molecule has 0 bridgehead atoms. The minimum absolute atomic E-state index is 0.0439. The minimum atomic E-state index is -0.479. The molecule has 1 aromatic carbocycles. The number of nitrogens with one attached hydrogen (secondary N) is 2. The Labute approximate surface area is 148 Å². The second kappa shape index (κ2) is 9.81. The first kappa shape index (κ1) is 19.0. The van der Waals surface area contributed by atoms with E-state index in [1.165, 1.54) is 20.0 Å². The zero-order valence-electron chi connectivity index (χ0n) is 14.6. The lowest BCUT2D eigenvalue weighted by Gasteiger charge is -2.18. The van der Waals surface area contributed by atoms with Crippen molar-refractivity contribution in [1.82, 2.24) is 10.6 Å². The normalized spacial score (nSPS) is 15.4. The Kier molecular flexibility index (Phi) is 7.44. The average molecular weight is 346 g/mol. The molecule has 0 aliphatic heterocycles. The smallest absolute Gasteiger partial charge is 0.307 e. The first-order valence-corrected chi connectivity index (χ1v) is 8.76. The minimum Gasteiger partial charge on any atom is -0.469 e. The van der Waals surface area contributed by atoms with Crippen molar-refractivity contribution in [2.24, 2.45) is 5.92 Å². The molecule has 0 saturated heterocycles. The number of carbonyl (C=O) groups is 3. The van der Waals surface area contributed by atoms with Crippen molar-refractivity contribution in [3.63, 3.8) is 0 Å². The van der Waals surface area contributed by atoms with Crippen molar-refractivity contribution < 1.29 is 19.1 Å². The summed E-state index contributed by atoms with van der Waals surface area (Å²) in [6, 6.07) is 8.75. The zero-order valence-corrected chi connectivity index (χ0v) is 14.6. The molecule has 0 aromatic heterocycles. The number of benzene rings is 1. The van der Waals surface area contributed by atoms with E-state index in [9.17, 15) is 14.4 Å². The van der Waals surface area contributed by atoms with E-state index in [0.717, 1.165) is 18.4 Å². The first-order valence-electron chi connectivity index (χ1n) is 8.76. The highest BCUT2D eigenvalue weighted by atomic mass is 16.5. The summed E-state index contributed by atoms with van der Waals surface area (Å²) in [7, 11) is 1.31. The van der Waals surface area contributed by atoms with Crippen molar-refractivity contribution in [3.05, 3.63) is 35.9 Å². The van der Waals surface area contributed by atoms with Crippen LogP contribution in [0.4, 0.5) is 0 Å². The number of rotatable bonds is 8. The van der Waals surface area contributed by atoms with Gasteiger partial charge in [0, 0.05) is 6.42 Å². The summed E-state index contributed by atoms with van der Waals surface area (Å²) in [5.74, 6) is -0.373. The van der Waals surface area contributed by atoms with Crippen LogP contribution >= 0.6 is 0 Å². The third kappa shape index (κ3) is 6.57. The summed E-state index contributed by atoms with van der Waals surface area (Å²) < 4.78 is 4.70. The molecule has 1 atom stereocenters. The molecule has 1 aromatic rings. The quantitative estimate of drug-likeness (QED) is 0.706. The van der Waals surface area contributed by atoms with E-state index >= 15 is 0 Å². The molecule has 1 fully saturated rings. The second-order valence-corrected chi connectivity index (χ2v) is 6.44. The van der Waals surface area contributed by atoms with Crippen LogP contribution in [0.2, 0.25) is 0 Å². The molecule has 1 aliphatic carbocycles. The molecule has 25 heavy (non-hydrogen) atoms. The number of methoxy groups -OCH3 is 1. The molecule has 6 nitrogen and oxygen atoms in total. The number of esters is 1. The Bertz CT molecular complexity index is 582. The molecule has 0 heterocycles. The molecular formula is C19H26N2O4. The fourth-order valence-electron chi connectivity index (χ4n) is 3.16. The van der Waals surface area contributed by atoms with Crippen LogP contribution in [-0.4, -0.2) is 31.4 Å². The summed E-state index contributed by atoms with van der Waals surface area (Å²) >= 11 is 0. The Morgan fingerprint density at radius 3 is 2.44 bits per heavy atom. The summed E-state index contributed by atoms with van der Waals surface area (Å²) in [4.78, 5) is 35.7. The standard InChI is InChI=1S/C19H26N2O4/c1-25-19(24)12-16(15-9-3-2-4-10-15)21-18(23)13-20-17(22)11-14-7-5-6-8-14/h2-4,9-10,14,16H,5-8,11-13H2,1H3,(H,20,22)(H,21,23). The molecule has 2 rings (SSSR count). The van der Waals surface area contributed by atoms with Crippen LogP contribution in [0, 0.1) is 5.92 Å². The lowest BCUT2D eigenvalue weighted by Crippen LogP contribution is -2.39. The number of hydrogen-bond donors (Lipinski definition) is 2. The van der Waals surface area contributed by atoms with E-state index in [1.54, 1.807) is 0 Å². The van der Waals surface area contributed by atoms with Gasteiger partial charge < -0.3 is 15.4 Å². The predicted octanol–water partition coefficient (Wildman–Crippen LogP) is 2.10. The average Bonchev–Trinajstić information content (AvgIpc) is 3.13. The monoisotopic (exact) mass is 346 g/mol. The molecule has 136 valence electrons. The highest BCUT2D eigenvalue weighted by Gasteiger charge is 2.21. The maximum absolute atomic E-state index is 12.2. The molecule has 2 N–H and O–H groups in total. The number of amides is 2. The zero-order chi connectivity index (χ0) is 18.1. The lowest BCUT2D eigenvalue weighted by molar-refractivity contribution is -0.141. The van der Waals surface area contributed by atoms with Crippen molar-refractivity contribution in [2.75, 3.05) is 13.7 Å². The topological polar surface area (TPSA) is 84.5 Å². The third-order valence-electron chi connectivity index (χ3n) is 4.53. The summed E-state index contributed by atoms with van der Waals surface area (Å²) in [6.07, 6.45) is 5.08. The van der Waals surface area contributed by atoms with Gasteiger partial charge in [0.2, 0.25) is 11.8 Å².